The fourth-order valence-electron chi connectivity index (χ4n) is 2.77. The number of rotatable bonds is 13. The summed E-state index contributed by atoms with van der Waals surface area (Å²) in [7, 11) is 0. The van der Waals surface area contributed by atoms with Crippen molar-refractivity contribution in [1.82, 2.24) is 0 Å². The van der Waals surface area contributed by atoms with E-state index in [1.54, 1.807) is 6.92 Å². The van der Waals surface area contributed by atoms with Gasteiger partial charge in [-0.3, -0.25) is 9.59 Å². The molecule has 0 aliphatic heterocycles. The van der Waals surface area contributed by atoms with Crippen LogP contribution in [-0.2, 0) is 4.79 Å². The highest BCUT2D eigenvalue weighted by atomic mass is 16.1. The van der Waals surface area contributed by atoms with E-state index < -0.39 is 0 Å². The molecule has 0 heterocycles. The highest BCUT2D eigenvalue weighted by molar-refractivity contribution is 5.95. The van der Waals surface area contributed by atoms with E-state index in [9.17, 15) is 9.59 Å². The van der Waals surface area contributed by atoms with E-state index in [1.807, 2.05) is 37.3 Å². The SMILES string of the molecule is CC(=O)C(C)CCCCCCCCCCC(=O)c1ccccc1. The molecule has 1 aromatic carbocycles. The Balaban J connectivity index is 1.90. The summed E-state index contributed by atoms with van der Waals surface area (Å²) in [6.07, 6.45) is 11.3. The summed E-state index contributed by atoms with van der Waals surface area (Å²) in [5.41, 5.74) is 0.840. The van der Waals surface area contributed by atoms with E-state index in [-0.39, 0.29) is 11.7 Å². The maximum atomic E-state index is 11.9. The molecule has 0 amide bonds. The lowest BCUT2D eigenvalue weighted by Gasteiger charge is -2.06. The van der Waals surface area contributed by atoms with Gasteiger partial charge in [0.15, 0.2) is 5.78 Å². The molecule has 0 spiro atoms. The first-order valence-corrected chi connectivity index (χ1v) is 9.20. The van der Waals surface area contributed by atoms with Gasteiger partial charge in [0.05, 0.1) is 0 Å². The molecular formula is C21H32O2. The zero-order chi connectivity index (χ0) is 16.9. The summed E-state index contributed by atoms with van der Waals surface area (Å²) in [5, 5.41) is 0. The van der Waals surface area contributed by atoms with Crippen LogP contribution in [0.5, 0.6) is 0 Å². The zero-order valence-electron chi connectivity index (χ0n) is 14.9. The molecule has 0 fully saturated rings. The van der Waals surface area contributed by atoms with E-state index in [0.29, 0.717) is 12.2 Å². The minimum Gasteiger partial charge on any atom is -0.300 e. The van der Waals surface area contributed by atoms with Gasteiger partial charge in [-0.15, -0.1) is 0 Å². The predicted molar refractivity (Wildman–Crippen MR) is 96.8 cm³/mol. The lowest BCUT2D eigenvalue weighted by Crippen LogP contribution is -2.05. The predicted octanol–water partition coefficient (Wildman–Crippen LogP) is 6.00. The second-order valence-electron chi connectivity index (χ2n) is 6.67. The van der Waals surface area contributed by atoms with E-state index in [2.05, 4.69) is 0 Å². The Bertz CT molecular complexity index is 450. The van der Waals surface area contributed by atoms with E-state index >= 15 is 0 Å². The molecule has 0 aliphatic rings. The van der Waals surface area contributed by atoms with Crippen LogP contribution < -0.4 is 0 Å². The molecule has 0 saturated carbocycles. The van der Waals surface area contributed by atoms with Crippen molar-refractivity contribution in [2.45, 2.75) is 78.1 Å². The normalized spacial score (nSPS) is 12.1. The van der Waals surface area contributed by atoms with Crippen LogP contribution in [0.15, 0.2) is 30.3 Å². The summed E-state index contributed by atoms with van der Waals surface area (Å²) < 4.78 is 0. The van der Waals surface area contributed by atoms with Gasteiger partial charge in [0.1, 0.15) is 5.78 Å². The van der Waals surface area contributed by atoms with Gasteiger partial charge < -0.3 is 0 Å². The van der Waals surface area contributed by atoms with Gasteiger partial charge in [-0.05, 0) is 19.8 Å². The molecule has 0 aliphatic carbocycles. The standard InChI is InChI=1S/C21H32O2/c1-18(19(2)22)14-10-7-5-3-4-6-8-13-17-21(23)20-15-11-9-12-16-20/h9,11-12,15-16,18H,3-8,10,13-14,17H2,1-2H3. The number of Topliss-reactive ketones (excluding diaryl/α,β-unsaturated/α-hetero) is 2. The second kappa shape index (κ2) is 12.0. The summed E-state index contributed by atoms with van der Waals surface area (Å²) in [6.45, 7) is 3.71. The molecular weight excluding hydrogens is 284 g/mol. The Hall–Kier alpha value is -1.44. The third-order valence-corrected chi connectivity index (χ3v) is 4.58. The highest BCUT2D eigenvalue weighted by Crippen LogP contribution is 2.14. The van der Waals surface area contributed by atoms with Crippen LogP contribution in [0.2, 0.25) is 0 Å². The van der Waals surface area contributed by atoms with Crippen LogP contribution in [0, 0.1) is 5.92 Å². The monoisotopic (exact) mass is 316 g/mol. The third-order valence-electron chi connectivity index (χ3n) is 4.58. The number of hydrogen-bond donors (Lipinski definition) is 0. The van der Waals surface area contributed by atoms with Crippen molar-refractivity contribution in [2.75, 3.05) is 0 Å². The molecule has 0 aromatic heterocycles. The zero-order valence-corrected chi connectivity index (χ0v) is 14.9. The number of hydrogen-bond acceptors (Lipinski definition) is 2. The third kappa shape index (κ3) is 9.32. The van der Waals surface area contributed by atoms with Crippen molar-refractivity contribution >= 4 is 11.6 Å². The van der Waals surface area contributed by atoms with Gasteiger partial charge >= 0.3 is 0 Å². The first-order chi connectivity index (χ1) is 11.1. The smallest absolute Gasteiger partial charge is 0.162 e. The van der Waals surface area contributed by atoms with Gasteiger partial charge in [0.2, 0.25) is 0 Å². The summed E-state index contributed by atoms with van der Waals surface area (Å²) in [6, 6.07) is 9.58. The second-order valence-corrected chi connectivity index (χ2v) is 6.67. The van der Waals surface area contributed by atoms with Crippen LogP contribution in [0.4, 0.5) is 0 Å². The summed E-state index contributed by atoms with van der Waals surface area (Å²) in [4.78, 5) is 23.1. The van der Waals surface area contributed by atoms with Crippen molar-refractivity contribution in [2.24, 2.45) is 5.92 Å². The molecule has 1 unspecified atom stereocenters. The Kier molecular flexibility index (Phi) is 10.3. The lowest BCUT2D eigenvalue weighted by atomic mass is 9.98. The molecule has 2 heteroatoms. The van der Waals surface area contributed by atoms with Crippen molar-refractivity contribution in [3.8, 4) is 0 Å². The van der Waals surface area contributed by atoms with Gasteiger partial charge in [0, 0.05) is 17.9 Å². The summed E-state index contributed by atoms with van der Waals surface area (Å²) >= 11 is 0. The molecule has 1 rings (SSSR count). The van der Waals surface area contributed by atoms with Gasteiger partial charge in [-0.25, -0.2) is 0 Å². The van der Waals surface area contributed by atoms with Crippen LogP contribution >= 0.6 is 0 Å². The van der Waals surface area contributed by atoms with Crippen molar-refractivity contribution in [3.05, 3.63) is 35.9 Å². The fourth-order valence-corrected chi connectivity index (χ4v) is 2.77. The Morgan fingerprint density at radius 2 is 1.35 bits per heavy atom. The Labute approximate surface area is 141 Å². The Morgan fingerprint density at radius 3 is 1.91 bits per heavy atom. The van der Waals surface area contributed by atoms with Crippen molar-refractivity contribution < 1.29 is 9.59 Å². The number of carbonyl (C=O) groups excluding carboxylic acids is 2. The molecule has 0 bridgehead atoms. The number of unbranched alkanes of at least 4 members (excludes halogenated alkanes) is 7. The molecule has 1 atom stereocenters. The minimum atomic E-state index is 0.233. The maximum Gasteiger partial charge on any atom is 0.162 e. The van der Waals surface area contributed by atoms with Gasteiger partial charge in [-0.2, -0.15) is 0 Å². The minimum absolute atomic E-state index is 0.233. The average Bonchev–Trinajstić information content (AvgIpc) is 2.56. The largest absolute Gasteiger partial charge is 0.300 e. The topological polar surface area (TPSA) is 34.1 Å². The lowest BCUT2D eigenvalue weighted by molar-refractivity contribution is -0.120. The van der Waals surface area contributed by atoms with E-state index in [0.717, 1.165) is 24.8 Å². The molecule has 2 nitrogen and oxygen atoms in total. The average molecular weight is 316 g/mol. The molecule has 128 valence electrons. The maximum absolute atomic E-state index is 11.9. The van der Waals surface area contributed by atoms with E-state index in [4.69, 9.17) is 0 Å². The number of carbonyl (C=O) groups is 2. The van der Waals surface area contributed by atoms with Gasteiger partial charge in [0.25, 0.3) is 0 Å². The molecule has 0 radical (unpaired) electrons. The van der Waals surface area contributed by atoms with Gasteiger partial charge in [-0.1, -0.05) is 82.2 Å². The molecule has 0 saturated heterocycles. The first-order valence-electron chi connectivity index (χ1n) is 9.20. The number of ketones is 2. The molecule has 23 heavy (non-hydrogen) atoms. The van der Waals surface area contributed by atoms with E-state index in [1.165, 1.54) is 38.5 Å². The highest BCUT2D eigenvalue weighted by Gasteiger charge is 2.06. The molecule has 1 aromatic rings. The fraction of sp³-hybridized carbons (Fsp3) is 0.619. The van der Waals surface area contributed by atoms with Crippen molar-refractivity contribution in [1.29, 1.82) is 0 Å². The van der Waals surface area contributed by atoms with Crippen molar-refractivity contribution in [3.63, 3.8) is 0 Å². The quantitative estimate of drug-likeness (QED) is 0.330. The Morgan fingerprint density at radius 1 is 0.826 bits per heavy atom. The van der Waals surface area contributed by atoms with Crippen LogP contribution in [0.3, 0.4) is 0 Å². The van der Waals surface area contributed by atoms with Crippen LogP contribution in [0.1, 0.15) is 88.4 Å². The van der Waals surface area contributed by atoms with Crippen LogP contribution in [0.25, 0.3) is 0 Å². The first kappa shape index (κ1) is 19.6. The van der Waals surface area contributed by atoms with Crippen LogP contribution in [-0.4, -0.2) is 11.6 Å². The summed E-state index contributed by atoms with van der Waals surface area (Å²) in [5.74, 6) is 0.817. The molecule has 0 N–H and O–H groups in total. The number of benzene rings is 1.